The van der Waals surface area contributed by atoms with E-state index < -0.39 is 11.6 Å². The molecule has 3 aromatic carbocycles. The summed E-state index contributed by atoms with van der Waals surface area (Å²) < 4.78 is 20.7. The van der Waals surface area contributed by atoms with Gasteiger partial charge in [-0.05, 0) is 67.1 Å². The van der Waals surface area contributed by atoms with Gasteiger partial charge in [0.25, 0.3) is 0 Å². The molecule has 0 saturated carbocycles. The third kappa shape index (κ3) is 4.86. The lowest BCUT2D eigenvalue weighted by atomic mass is 9.98. The molecule has 0 aliphatic carbocycles. The molecular formula is C23H20BrFN2O3. The summed E-state index contributed by atoms with van der Waals surface area (Å²) in [4.78, 5) is 24.3. The van der Waals surface area contributed by atoms with Crippen LogP contribution < -0.4 is 15.4 Å². The SMILES string of the molecule is COc1ccc(C(=O)c2ccc(Nc3ccc(Br)cc3NC(C)=O)cc2F)c(C)c1. The van der Waals surface area contributed by atoms with Gasteiger partial charge in [-0.3, -0.25) is 9.59 Å². The van der Waals surface area contributed by atoms with E-state index in [9.17, 15) is 14.0 Å². The Labute approximate surface area is 182 Å². The van der Waals surface area contributed by atoms with Gasteiger partial charge in [-0.2, -0.15) is 0 Å². The maximum absolute atomic E-state index is 14.8. The van der Waals surface area contributed by atoms with Crippen LogP contribution in [0.25, 0.3) is 0 Å². The fourth-order valence-electron chi connectivity index (χ4n) is 3.01. The normalized spacial score (nSPS) is 10.4. The predicted octanol–water partition coefficient (Wildman–Crippen LogP) is 5.84. The summed E-state index contributed by atoms with van der Waals surface area (Å²) in [6.45, 7) is 3.19. The number of benzene rings is 3. The standard InChI is InChI=1S/C23H20BrFN2O3/c1-13-10-17(30-3)6-8-18(13)23(29)19-7-5-16(12-20(19)25)27-21-9-4-15(24)11-22(21)26-14(2)28/h4-12,27H,1-3H3,(H,26,28). The monoisotopic (exact) mass is 470 g/mol. The minimum atomic E-state index is -0.640. The summed E-state index contributed by atoms with van der Waals surface area (Å²) in [5.74, 6) is -0.633. The van der Waals surface area contributed by atoms with Gasteiger partial charge in [0.1, 0.15) is 11.6 Å². The van der Waals surface area contributed by atoms with Crippen LogP contribution in [0.15, 0.2) is 59.1 Å². The lowest BCUT2D eigenvalue weighted by Crippen LogP contribution is -2.09. The van der Waals surface area contributed by atoms with Gasteiger partial charge in [-0.1, -0.05) is 15.9 Å². The van der Waals surface area contributed by atoms with Crippen LogP contribution in [0, 0.1) is 12.7 Å². The zero-order valence-corrected chi connectivity index (χ0v) is 18.3. The molecule has 0 atom stereocenters. The maximum atomic E-state index is 14.8. The van der Waals surface area contributed by atoms with Gasteiger partial charge in [0.15, 0.2) is 5.78 Å². The van der Waals surface area contributed by atoms with Crippen molar-refractivity contribution in [1.82, 2.24) is 0 Å². The summed E-state index contributed by atoms with van der Waals surface area (Å²) in [5.41, 5.74) is 2.69. The van der Waals surface area contributed by atoms with Crippen LogP contribution in [0.2, 0.25) is 0 Å². The molecule has 154 valence electrons. The Balaban J connectivity index is 1.88. The van der Waals surface area contributed by atoms with E-state index in [2.05, 4.69) is 26.6 Å². The number of carbonyl (C=O) groups is 2. The lowest BCUT2D eigenvalue weighted by Gasteiger charge is -2.14. The molecule has 5 nitrogen and oxygen atoms in total. The molecule has 0 aliphatic rings. The highest BCUT2D eigenvalue weighted by Crippen LogP contribution is 2.30. The van der Waals surface area contributed by atoms with Crippen LogP contribution in [0.1, 0.15) is 28.4 Å². The Morgan fingerprint density at radius 3 is 2.33 bits per heavy atom. The Kier molecular flexibility index (Phi) is 6.52. The van der Waals surface area contributed by atoms with Gasteiger partial charge in [-0.25, -0.2) is 4.39 Å². The molecule has 0 unspecified atom stereocenters. The van der Waals surface area contributed by atoms with Crippen LogP contribution in [0.4, 0.5) is 21.5 Å². The number of aryl methyl sites for hydroxylation is 1. The van der Waals surface area contributed by atoms with E-state index in [1.165, 1.54) is 19.1 Å². The van der Waals surface area contributed by atoms with Gasteiger partial charge in [0, 0.05) is 22.6 Å². The van der Waals surface area contributed by atoms with Crippen molar-refractivity contribution in [3.8, 4) is 5.75 Å². The molecule has 30 heavy (non-hydrogen) atoms. The number of anilines is 3. The van der Waals surface area contributed by atoms with Crippen molar-refractivity contribution in [1.29, 1.82) is 0 Å². The first-order chi connectivity index (χ1) is 14.3. The first-order valence-electron chi connectivity index (χ1n) is 9.11. The maximum Gasteiger partial charge on any atom is 0.221 e. The van der Waals surface area contributed by atoms with Crippen molar-refractivity contribution in [2.45, 2.75) is 13.8 Å². The number of amides is 1. The number of rotatable bonds is 6. The molecule has 3 aromatic rings. The van der Waals surface area contributed by atoms with Crippen molar-refractivity contribution in [3.63, 3.8) is 0 Å². The van der Waals surface area contributed by atoms with E-state index in [4.69, 9.17) is 4.74 Å². The van der Waals surface area contributed by atoms with Crippen LogP contribution in [0.3, 0.4) is 0 Å². The Bertz CT molecular complexity index is 1130. The van der Waals surface area contributed by atoms with E-state index in [0.717, 1.165) is 4.47 Å². The second-order valence-corrected chi connectivity index (χ2v) is 7.62. The number of ether oxygens (including phenoxy) is 1. The Hall–Kier alpha value is -3.19. The minimum absolute atomic E-state index is 0.0216. The zero-order chi connectivity index (χ0) is 21.8. The van der Waals surface area contributed by atoms with E-state index >= 15 is 0 Å². The molecule has 0 heterocycles. The third-order valence-corrected chi connectivity index (χ3v) is 4.96. The largest absolute Gasteiger partial charge is 0.497 e. The highest BCUT2D eigenvalue weighted by Gasteiger charge is 2.17. The summed E-state index contributed by atoms with van der Waals surface area (Å²) in [7, 11) is 1.55. The quantitative estimate of drug-likeness (QED) is 0.444. The van der Waals surface area contributed by atoms with Gasteiger partial charge in [0.05, 0.1) is 24.0 Å². The second-order valence-electron chi connectivity index (χ2n) is 6.70. The number of ketones is 1. The third-order valence-electron chi connectivity index (χ3n) is 4.46. The minimum Gasteiger partial charge on any atom is -0.497 e. The zero-order valence-electron chi connectivity index (χ0n) is 16.7. The molecule has 0 aromatic heterocycles. The van der Waals surface area contributed by atoms with Gasteiger partial charge in [-0.15, -0.1) is 0 Å². The molecule has 0 radical (unpaired) electrons. The fourth-order valence-corrected chi connectivity index (χ4v) is 3.38. The summed E-state index contributed by atoms with van der Waals surface area (Å²) in [5, 5.41) is 5.80. The van der Waals surface area contributed by atoms with E-state index in [1.807, 2.05) is 0 Å². The van der Waals surface area contributed by atoms with Crippen molar-refractivity contribution >= 4 is 44.7 Å². The summed E-state index contributed by atoms with van der Waals surface area (Å²) in [6, 6.07) is 14.7. The Morgan fingerprint density at radius 1 is 0.967 bits per heavy atom. The highest BCUT2D eigenvalue weighted by atomic mass is 79.9. The first kappa shape index (κ1) is 21.5. The molecule has 1 amide bonds. The van der Waals surface area contributed by atoms with E-state index in [1.54, 1.807) is 56.5 Å². The Morgan fingerprint density at radius 2 is 1.70 bits per heavy atom. The van der Waals surface area contributed by atoms with Crippen LogP contribution in [-0.4, -0.2) is 18.8 Å². The topological polar surface area (TPSA) is 67.4 Å². The van der Waals surface area contributed by atoms with Crippen LogP contribution in [-0.2, 0) is 4.79 Å². The molecule has 0 aliphatic heterocycles. The predicted molar refractivity (Wildman–Crippen MR) is 119 cm³/mol. The van der Waals surface area contributed by atoms with Crippen molar-refractivity contribution in [2.75, 3.05) is 17.7 Å². The summed E-state index contributed by atoms with van der Waals surface area (Å²) >= 11 is 3.36. The first-order valence-corrected chi connectivity index (χ1v) is 9.91. The van der Waals surface area contributed by atoms with E-state index in [0.29, 0.717) is 33.9 Å². The molecule has 7 heteroatoms. The molecule has 0 spiro atoms. The van der Waals surface area contributed by atoms with Crippen molar-refractivity contribution in [2.24, 2.45) is 0 Å². The molecule has 0 saturated heterocycles. The van der Waals surface area contributed by atoms with Crippen molar-refractivity contribution < 1.29 is 18.7 Å². The second kappa shape index (κ2) is 9.09. The van der Waals surface area contributed by atoms with Crippen molar-refractivity contribution in [3.05, 3.63) is 81.6 Å². The molecular weight excluding hydrogens is 451 g/mol. The number of hydrogen-bond donors (Lipinski definition) is 2. The van der Waals surface area contributed by atoms with Crippen LogP contribution >= 0.6 is 15.9 Å². The molecule has 0 fully saturated rings. The average molecular weight is 471 g/mol. The molecule has 2 N–H and O–H groups in total. The molecule has 3 rings (SSSR count). The number of hydrogen-bond acceptors (Lipinski definition) is 4. The highest BCUT2D eigenvalue weighted by molar-refractivity contribution is 9.10. The average Bonchev–Trinajstić information content (AvgIpc) is 2.69. The van der Waals surface area contributed by atoms with Crippen LogP contribution in [0.5, 0.6) is 5.75 Å². The van der Waals surface area contributed by atoms with Gasteiger partial charge in [0.2, 0.25) is 5.91 Å². The number of nitrogens with one attached hydrogen (secondary N) is 2. The van der Waals surface area contributed by atoms with Gasteiger partial charge >= 0.3 is 0 Å². The fraction of sp³-hybridized carbons (Fsp3) is 0.130. The number of methoxy groups -OCH3 is 1. The number of carbonyl (C=O) groups excluding carboxylic acids is 2. The lowest BCUT2D eigenvalue weighted by molar-refractivity contribution is -0.114. The molecule has 0 bridgehead atoms. The van der Waals surface area contributed by atoms with Gasteiger partial charge < -0.3 is 15.4 Å². The van der Waals surface area contributed by atoms with E-state index in [-0.39, 0.29) is 11.5 Å². The summed E-state index contributed by atoms with van der Waals surface area (Å²) in [6.07, 6.45) is 0. The number of halogens is 2. The smallest absolute Gasteiger partial charge is 0.221 e.